The van der Waals surface area contributed by atoms with Crippen LogP contribution in [0.15, 0.2) is 24.3 Å². The zero-order valence-corrected chi connectivity index (χ0v) is 17.2. The maximum Gasteiger partial charge on any atom is 0.382 e. The molecule has 3 atom stereocenters. The summed E-state index contributed by atoms with van der Waals surface area (Å²) in [5.74, 6) is 0.122. The van der Waals surface area contributed by atoms with Gasteiger partial charge in [-0.1, -0.05) is 0 Å². The van der Waals surface area contributed by atoms with Gasteiger partial charge in [0.1, 0.15) is 16.8 Å². The summed E-state index contributed by atoms with van der Waals surface area (Å²) in [4.78, 5) is 0. The van der Waals surface area contributed by atoms with E-state index >= 15 is 0 Å². The largest absolute Gasteiger partial charge is 0.761 e. The van der Waals surface area contributed by atoms with E-state index < -0.39 is 10.3 Å². The third-order valence-electron chi connectivity index (χ3n) is 3.61. The van der Waals surface area contributed by atoms with Gasteiger partial charge in [0.25, 0.3) is 0 Å². The highest BCUT2D eigenvalue weighted by Gasteiger charge is 2.36. The molecule has 0 bridgehead atoms. The van der Waals surface area contributed by atoms with Crippen molar-refractivity contribution < 1.29 is 17.3 Å². The summed E-state index contributed by atoms with van der Waals surface area (Å²) in [5, 5.41) is 10.5. The Morgan fingerprint density at radius 2 is 1.76 bits per heavy atom. The molecule has 1 aromatic carbocycles. The smallest absolute Gasteiger partial charge is 0.382 e. The standard InChI is InChI=1S/C16H28N2O5S2/c1-12(22-13(2)24(6)16(3,4)5)11-17-25(20,21)23-15-9-7-14(18-19)8-10-15/h7-10,12-13,17-18H,11H2,1-6H3/t12?,13-,24?/m0/s1. The monoisotopic (exact) mass is 392 g/mol. The molecule has 7 nitrogen and oxygen atoms in total. The van der Waals surface area contributed by atoms with Crippen molar-refractivity contribution in [3.05, 3.63) is 29.5 Å². The molecule has 1 rings (SSSR count). The molecule has 0 spiro atoms. The molecule has 25 heavy (non-hydrogen) atoms. The van der Waals surface area contributed by atoms with Crippen molar-refractivity contribution in [1.82, 2.24) is 4.72 Å². The maximum absolute atomic E-state index is 12.0. The SMILES string of the molecule is CC(CNS(=O)(=O)Oc1ccc(N[O-])cc1)O[C@H](C)[S+](C)C(C)(C)C. The number of nitrogens with one attached hydrogen (secondary N) is 2. The van der Waals surface area contributed by atoms with Crippen LogP contribution >= 0.6 is 0 Å². The average molecular weight is 393 g/mol. The van der Waals surface area contributed by atoms with Gasteiger partial charge in [0.05, 0.1) is 6.10 Å². The van der Waals surface area contributed by atoms with Crippen LogP contribution in [0.5, 0.6) is 5.75 Å². The molecule has 9 heteroatoms. The van der Waals surface area contributed by atoms with Gasteiger partial charge in [-0.05, 0) is 52.0 Å². The van der Waals surface area contributed by atoms with E-state index in [0.29, 0.717) is 5.69 Å². The van der Waals surface area contributed by atoms with Crippen LogP contribution in [0.3, 0.4) is 0 Å². The molecule has 0 aromatic heterocycles. The summed E-state index contributed by atoms with van der Waals surface area (Å²) in [6.45, 7) is 10.4. The van der Waals surface area contributed by atoms with Crippen LogP contribution in [0.4, 0.5) is 5.69 Å². The number of rotatable bonds is 9. The molecule has 2 N–H and O–H groups in total. The van der Waals surface area contributed by atoms with Crippen LogP contribution in [0.1, 0.15) is 34.6 Å². The van der Waals surface area contributed by atoms with Crippen LogP contribution < -0.4 is 14.4 Å². The Balaban J connectivity index is 2.51. The van der Waals surface area contributed by atoms with Crippen LogP contribution in [0, 0.1) is 5.21 Å². The van der Waals surface area contributed by atoms with Gasteiger partial charge in [-0.3, -0.25) is 0 Å². The molecule has 1 aromatic rings. The first kappa shape index (κ1) is 22.0. The van der Waals surface area contributed by atoms with E-state index in [1.165, 1.54) is 24.3 Å². The third-order valence-corrected chi connectivity index (χ3v) is 7.58. The van der Waals surface area contributed by atoms with Crippen molar-refractivity contribution >= 4 is 26.9 Å². The highest BCUT2D eigenvalue weighted by Crippen LogP contribution is 2.22. The molecule has 0 saturated carbocycles. The Labute approximate surface area is 153 Å². The summed E-state index contributed by atoms with van der Waals surface area (Å²) < 4.78 is 37.3. The number of ether oxygens (including phenoxy) is 1. The van der Waals surface area contributed by atoms with E-state index in [0.717, 1.165) is 0 Å². The molecule has 0 heterocycles. The predicted octanol–water partition coefficient (Wildman–Crippen LogP) is 2.61. The van der Waals surface area contributed by atoms with Crippen molar-refractivity contribution in [1.29, 1.82) is 0 Å². The number of hydrogen-bond donors (Lipinski definition) is 2. The second kappa shape index (κ2) is 9.09. The van der Waals surface area contributed by atoms with Gasteiger partial charge >= 0.3 is 10.3 Å². The van der Waals surface area contributed by atoms with Gasteiger partial charge in [0, 0.05) is 30.1 Å². The van der Waals surface area contributed by atoms with E-state index in [4.69, 9.17) is 8.92 Å². The minimum atomic E-state index is -3.96. The van der Waals surface area contributed by atoms with Gasteiger partial charge in [0.2, 0.25) is 5.44 Å². The van der Waals surface area contributed by atoms with Crippen molar-refractivity contribution in [2.24, 2.45) is 0 Å². The van der Waals surface area contributed by atoms with Crippen molar-refractivity contribution in [2.75, 3.05) is 18.3 Å². The summed E-state index contributed by atoms with van der Waals surface area (Å²) >= 11 is 0. The molecule has 0 aliphatic heterocycles. The van der Waals surface area contributed by atoms with Crippen LogP contribution in [0.25, 0.3) is 0 Å². The van der Waals surface area contributed by atoms with E-state index in [1.807, 2.05) is 13.8 Å². The Hall–Kier alpha value is -1.00. The lowest BCUT2D eigenvalue weighted by Crippen LogP contribution is -2.41. The first-order chi connectivity index (χ1) is 11.4. The highest BCUT2D eigenvalue weighted by atomic mass is 32.2. The maximum atomic E-state index is 12.0. The molecule has 2 unspecified atom stereocenters. The van der Waals surface area contributed by atoms with E-state index in [1.54, 1.807) is 5.48 Å². The lowest BCUT2D eigenvalue weighted by atomic mass is 10.3. The van der Waals surface area contributed by atoms with Crippen LogP contribution in [0.2, 0.25) is 0 Å². The predicted molar refractivity (Wildman–Crippen MR) is 104 cm³/mol. The second-order valence-electron chi connectivity index (χ2n) is 6.70. The fraction of sp³-hybridized carbons (Fsp3) is 0.625. The summed E-state index contributed by atoms with van der Waals surface area (Å²) in [6, 6.07) is 5.65. The first-order valence-corrected chi connectivity index (χ1v) is 11.0. The van der Waals surface area contributed by atoms with Gasteiger partial charge in [0.15, 0.2) is 0 Å². The number of benzene rings is 1. The van der Waals surface area contributed by atoms with Gasteiger partial charge < -0.3 is 19.6 Å². The van der Waals surface area contributed by atoms with Crippen LogP contribution in [-0.4, -0.2) is 37.5 Å². The van der Waals surface area contributed by atoms with Crippen molar-refractivity contribution in [3.8, 4) is 5.75 Å². The van der Waals surface area contributed by atoms with E-state index in [2.05, 4.69) is 31.7 Å². The lowest BCUT2D eigenvalue weighted by molar-refractivity contribution is 0.0572. The molecule has 0 amide bonds. The molecule has 0 saturated heterocycles. The van der Waals surface area contributed by atoms with E-state index in [-0.39, 0.29) is 39.5 Å². The molecular formula is C16H28N2O5S2. The zero-order chi connectivity index (χ0) is 19.3. The Morgan fingerprint density at radius 3 is 2.24 bits per heavy atom. The zero-order valence-electron chi connectivity index (χ0n) is 15.5. The second-order valence-corrected chi connectivity index (χ2v) is 11.1. The molecule has 0 aliphatic rings. The Bertz CT molecular complexity index is 629. The quantitative estimate of drug-likeness (QED) is 0.495. The van der Waals surface area contributed by atoms with Crippen molar-refractivity contribution in [3.63, 3.8) is 0 Å². The fourth-order valence-corrected chi connectivity index (χ4v) is 4.12. The fourth-order valence-electron chi connectivity index (χ4n) is 1.91. The average Bonchev–Trinajstić information content (AvgIpc) is 2.52. The molecule has 0 fully saturated rings. The Morgan fingerprint density at radius 1 is 1.20 bits per heavy atom. The first-order valence-electron chi connectivity index (χ1n) is 7.92. The molecular weight excluding hydrogens is 364 g/mol. The highest BCUT2D eigenvalue weighted by molar-refractivity contribution is 7.97. The minimum Gasteiger partial charge on any atom is -0.761 e. The molecule has 0 radical (unpaired) electrons. The normalized spacial score (nSPS) is 16.1. The topological polar surface area (TPSA) is 99.7 Å². The minimum absolute atomic E-state index is 0.0209. The molecule has 0 aliphatic carbocycles. The van der Waals surface area contributed by atoms with Gasteiger partial charge in [-0.25, -0.2) is 0 Å². The lowest BCUT2D eigenvalue weighted by Gasteiger charge is -2.25. The Kier molecular flexibility index (Phi) is 8.01. The van der Waals surface area contributed by atoms with Gasteiger partial charge in [-0.15, -0.1) is 0 Å². The molecule has 144 valence electrons. The summed E-state index contributed by atoms with van der Waals surface area (Å²) in [7, 11) is -3.93. The third kappa shape index (κ3) is 7.83. The van der Waals surface area contributed by atoms with Gasteiger partial charge in [-0.2, -0.15) is 13.1 Å². The van der Waals surface area contributed by atoms with Crippen molar-refractivity contribution in [2.45, 2.75) is 50.9 Å². The van der Waals surface area contributed by atoms with Crippen LogP contribution in [-0.2, 0) is 25.9 Å². The number of anilines is 1. The number of hydrogen-bond acceptors (Lipinski definition) is 6. The summed E-state index contributed by atoms with van der Waals surface area (Å²) in [5.41, 5.74) is 2.05. The van der Waals surface area contributed by atoms with E-state index in [9.17, 15) is 13.6 Å². The summed E-state index contributed by atoms with van der Waals surface area (Å²) in [6.07, 6.45) is 1.85.